The molecule has 0 fully saturated rings. The van der Waals surface area contributed by atoms with Gasteiger partial charge < -0.3 is 0 Å². The molecule has 1 aromatic heterocycles. The van der Waals surface area contributed by atoms with E-state index in [4.69, 9.17) is 0 Å². The second-order valence-electron chi connectivity index (χ2n) is 2.25. The van der Waals surface area contributed by atoms with Gasteiger partial charge in [-0.3, -0.25) is 4.79 Å². The lowest BCUT2D eigenvalue weighted by Crippen LogP contribution is -2.35. The van der Waals surface area contributed by atoms with E-state index in [1.165, 1.54) is 0 Å². The molecule has 0 aliphatic rings. The van der Waals surface area contributed by atoms with Crippen molar-refractivity contribution in [2.45, 2.75) is 13.5 Å². The van der Waals surface area contributed by atoms with Crippen LogP contribution in [0.15, 0.2) is 30.6 Å². The Bertz CT molecular complexity index is 223. The molecular formula is C8H11BrNO+. The summed E-state index contributed by atoms with van der Waals surface area (Å²) >= 11 is 0. The maximum absolute atomic E-state index is 10.6. The van der Waals surface area contributed by atoms with Crippen molar-refractivity contribution in [2.24, 2.45) is 0 Å². The number of rotatable bonds is 2. The number of Topliss-reactive ketones (excluding diaryl/α,β-unsaturated/α-hetero) is 1. The molecule has 60 valence electrons. The Kier molecular flexibility index (Phi) is 4.70. The number of nitrogens with zero attached hydrogens (tertiary/aromatic N) is 1. The average Bonchev–Trinajstić information content (AvgIpc) is 1.88. The van der Waals surface area contributed by atoms with Crippen LogP contribution in [0, 0.1) is 0 Å². The van der Waals surface area contributed by atoms with Gasteiger partial charge in [0, 0.05) is 19.1 Å². The Balaban J connectivity index is 0.000001000. The van der Waals surface area contributed by atoms with Gasteiger partial charge >= 0.3 is 0 Å². The number of ketones is 1. The minimum absolute atomic E-state index is 0. The smallest absolute Gasteiger partial charge is 0.206 e. The van der Waals surface area contributed by atoms with Crippen LogP contribution in [0.1, 0.15) is 6.92 Å². The molecule has 0 saturated heterocycles. The van der Waals surface area contributed by atoms with Crippen LogP contribution in [0.25, 0.3) is 0 Å². The lowest BCUT2D eigenvalue weighted by atomic mass is 10.4. The predicted molar refractivity (Wildman–Crippen MR) is 47.6 cm³/mol. The third-order valence-electron chi connectivity index (χ3n) is 1.18. The molecule has 1 heterocycles. The lowest BCUT2D eigenvalue weighted by molar-refractivity contribution is -0.684. The highest BCUT2D eigenvalue weighted by atomic mass is 79.9. The van der Waals surface area contributed by atoms with Crippen LogP contribution in [0.4, 0.5) is 0 Å². The van der Waals surface area contributed by atoms with Gasteiger partial charge in [0.2, 0.25) is 6.54 Å². The van der Waals surface area contributed by atoms with E-state index in [1.807, 2.05) is 35.2 Å². The molecule has 0 unspecified atom stereocenters. The molecular weight excluding hydrogens is 206 g/mol. The fraction of sp³-hybridized carbons (Fsp3) is 0.250. The Labute approximate surface area is 76.6 Å². The second kappa shape index (κ2) is 5.02. The van der Waals surface area contributed by atoms with Gasteiger partial charge in [-0.2, -0.15) is 4.57 Å². The third kappa shape index (κ3) is 3.88. The molecule has 0 aromatic carbocycles. The van der Waals surface area contributed by atoms with Crippen LogP contribution in [0.2, 0.25) is 0 Å². The summed E-state index contributed by atoms with van der Waals surface area (Å²) in [6, 6.07) is 5.74. The van der Waals surface area contributed by atoms with Crippen LogP contribution in [0.5, 0.6) is 0 Å². The molecule has 0 bridgehead atoms. The van der Waals surface area contributed by atoms with Gasteiger partial charge in [-0.1, -0.05) is 6.07 Å². The van der Waals surface area contributed by atoms with Gasteiger partial charge in [-0.05, 0) is 0 Å². The Morgan fingerprint density at radius 2 is 1.82 bits per heavy atom. The van der Waals surface area contributed by atoms with E-state index in [9.17, 15) is 4.79 Å². The van der Waals surface area contributed by atoms with E-state index in [-0.39, 0.29) is 22.8 Å². The number of pyridine rings is 1. The zero-order valence-electron chi connectivity index (χ0n) is 6.36. The molecule has 0 saturated carbocycles. The highest BCUT2D eigenvalue weighted by Gasteiger charge is 1.99. The zero-order chi connectivity index (χ0) is 7.40. The van der Waals surface area contributed by atoms with Crippen LogP contribution in [0.3, 0.4) is 0 Å². The van der Waals surface area contributed by atoms with Gasteiger partial charge in [0.15, 0.2) is 18.2 Å². The molecule has 0 radical (unpaired) electrons. The number of carbonyl (C=O) groups is 1. The van der Waals surface area contributed by atoms with Gasteiger partial charge in [0.25, 0.3) is 0 Å². The maximum atomic E-state index is 10.6. The van der Waals surface area contributed by atoms with Crippen LogP contribution >= 0.6 is 17.0 Å². The first-order valence-electron chi connectivity index (χ1n) is 3.22. The summed E-state index contributed by atoms with van der Waals surface area (Å²) < 4.78 is 1.85. The fourth-order valence-corrected chi connectivity index (χ4v) is 0.797. The minimum Gasteiger partial charge on any atom is -0.293 e. The van der Waals surface area contributed by atoms with Crippen LogP contribution < -0.4 is 4.57 Å². The molecule has 0 aliphatic heterocycles. The summed E-state index contributed by atoms with van der Waals surface area (Å²) in [6.45, 7) is 2.06. The van der Waals surface area contributed by atoms with E-state index in [0.717, 1.165) is 0 Å². The van der Waals surface area contributed by atoms with Crippen molar-refractivity contribution in [3.05, 3.63) is 30.6 Å². The molecule has 2 nitrogen and oxygen atoms in total. The zero-order valence-corrected chi connectivity index (χ0v) is 8.07. The topological polar surface area (TPSA) is 20.9 Å². The minimum atomic E-state index is 0. The van der Waals surface area contributed by atoms with Crippen LogP contribution in [-0.2, 0) is 11.3 Å². The standard InChI is InChI=1S/C8H10NO.BrH/c1-8(10)7-9-5-3-2-4-6-9;/h2-6H,7H2,1H3;1H/q+1;. The summed E-state index contributed by atoms with van der Waals surface area (Å²) in [6.07, 6.45) is 3.75. The van der Waals surface area contributed by atoms with E-state index >= 15 is 0 Å². The first-order valence-corrected chi connectivity index (χ1v) is 3.22. The van der Waals surface area contributed by atoms with E-state index < -0.39 is 0 Å². The quantitative estimate of drug-likeness (QED) is 0.680. The molecule has 3 heteroatoms. The van der Waals surface area contributed by atoms with Crippen molar-refractivity contribution in [2.75, 3.05) is 0 Å². The monoisotopic (exact) mass is 216 g/mol. The van der Waals surface area contributed by atoms with Crippen molar-refractivity contribution in [1.29, 1.82) is 0 Å². The van der Waals surface area contributed by atoms with Crippen molar-refractivity contribution in [3.63, 3.8) is 0 Å². The van der Waals surface area contributed by atoms with Gasteiger partial charge in [0.05, 0.1) is 0 Å². The average molecular weight is 217 g/mol. The van der Waals surface area contributed by atoms with Crippen molar-refractivity contribution >= 4 is 22.8 Å². The SMILES string of the molecule is Br.CC(=O)C[n+]1ccccc1. The van der Waals surface area contributed by atoms with Gasteiger partial charge in [0.1, 0.15) is 0 Å². The number of hydrogen-bond donors (Lipinski definition) is 0. The second-order valence-corrected chi connectivity index (χ2v) is 2.25. The largest absolute Gasteiger partial charge is 0.293 e. The van der Waals surface area contributed by atoms with Gasteiger partial charge in [-0.15, -0.1) is 17.0 Å². The number of hydrogen-bond acceptors (Lipinski definition) is 1. The number of aromatic nitrogens is 1. The first-order chi connectivity index (χ1) is 4.79. The summed E-state index contributed by atoms with van der Waals surface area (Å²) in [5, 5.41) is 0. The Hall–Kier alpha value is -0.700. The fourth-order valence-electron chi connectivity index (χ4n) is 0.797. The van der Waals surface area contributed by atoms with E-state index in [2.05, 4.69) is 0 Å². The summed E-state index contributed by atoms with van der Waals surface area (Å²) in [7, 11) is 0. The summed E-state index contributed by atoms with van der Waals surface area (Å²) in [4.78, 5) is 10.6. The third-order valence-corrected chi connectivity index (χ3v) is 1.18. The maximum Gasteiger partial charge on any atom is 0.206 e. The van der Waals surface area contributed by atoms with Crippen molar-refractivity contribution < 1.29 is 9.36 Å². The summed E-state index contributed by atoms with van der Waals surface area (Å²) in [5.74, 6) is 0.177. The predicted octanol–water partition coefficient (Wildman–Crippen LogP) is 1.14. The molecule has 0 spiro atoms. The van der Waals surface area contributed by atoms with Crippen molar-refractivity contribution in [1.82, 2.24) is 0 Å². The Morgan fingerprint density at radius 3 is 2.27 bits per heavy atom. The first kappa shape index (κ1) is 10.3. The normalized spacial score (nSPS) is 8.45. The molecule has 1 rings (SSSR count). The molecule has 0 N–H and O–H groups in total. The van der Waals surface area contributed by atoms with Gasteiger partial charge in [-0.25, -0.2) is 0 Å². The highest BCUT2D eigenvalue weighted by molar-refractivity contribution is 8.93. The van der Waals surface area contributed by atoms with E-state index in [0.29, 0.717) is 6.54 Å². The molecule has 0 amide bonds. The van der Waals surface area contributed by atoms with Crippen LogP contribution in [-0.4, -0.2) is 5.78 Å². The molecule has 11 heavy (non-hydrogen) atoms. The number of halogens is 1. The van der Waals surface area contributed by atoms with E-state index in [1.54, 1.807) is 6.92 Å². The summed E-state index contributed by atoms with van der Waals surface area (Å²) in [5.41, 5.74) is 0. The highest BCUT2D eigenvalue weighted by Crippen LogP contribution is 1.77. The number of carbonyl (C=O) groups excluding carboxylic acids is 1. The Morgan fingerprint density at radius 1 is 1.27 bits per heavy atom. The van der Waals surface area contributed by atoms with Crippen molar-refractivity contribution in [3.8, 4) is 0 Å². The molecule has 1 aromatic rings. The molecule has 0 aliphatic carbocycles. The molecule has 0 atom stereocenters. The lowest BCUT2D eigenvalue weighted by Gasteiger charge is -1.88.